The van der Waals surface area contributed by atoms with Gasteiger partial charge in [0.25, 0.3) is 5.91 Å². The molecule has 0 atom stereocenters. The van der Waals surface area contributed by atoms with E-state index in [1.807, 2.05) is 30.3 Å². The van der Waals surface area contributed by atoms with E-state index in [9.17, 15) is 4.79 Å². The summed E-state index contributed by atoms with van der Waals surface area (Å²) < 4.78 is 5.23. The Balaban J connectivity index is 1.84. The maximum absolute atomic E-state index is 11.9. The van der Waals surface area contributed by atoms with E-state index in [0.717, 1.165) is 17.3 Å². The molecule has 0 aliphatic heterocycles. The maximum Gasteiger partial charge on any atom is 0.269 e. The van der Waals surface area contributed by atoms with Gasteiger partial charge in [0.05, 0.1) is 12.1 Å². The molecule has 106 valence electrons. The second kappa shape index (κ2) is 7.82. The summed E-state index contributed by atoms with van der Waals surface area (Å²) in [5, 5.41) is 3.85. The first-order valence-corrected chi connectivity index (χ1v) is 7.12. The molecule has 4 nitrogen and oxygen atoms in total. The summed E-state index contributed by atoms with van der Waals surface area (Å²) in [5.74, 6) is 0.334. The fourth-order valence-corrected chi connectivity index (χ4v) is 1.92. The van der Waals surface area contributed by atoms with E-state index in [0.29, 0.717) is 31.3 Å². The van der Waals surface area contributed by atoms with E-state index in [1.54, 1.807) is 6.07 Å². The highest BCUT2D eigenvalue weighted by Gasteiger charge is 2.07. The van der Waals surface area contributed by atoms with Gasteiger partial charge in [-0.1, -0.05) is 24.3 Å². The summed E-state index contributed by atoms with van der Waals surface area (Å²) in [6, 6.07) is 11.4. The maximum atomic E-state index is 11.9. The van der Waals surface area contributed by atoms with Crippen LogP contribution in [0, 0.1) is 0 Å². The fraction of sp³-hybridized carbons (Fsp3) is 0.333. The molecule has 1 amide bonds. The number of carbonyl (C=O) groups excluding carboxylic acids is 1. The summed E-state index contributed by atoms with van der Waals surface area (Å²) in [5.41, 5.74) is 1.26. The van der Waals surface area contributed by atoms with Crippen molar-refractivity contribution in [2.45, 2.75) is 6.42 Å². The summed E-state index contributed by atoms with van der Waals surface area (Å²) in [6.45, 7) is 1.70. The quantitative estimate of drug-likeness (QED) is 0.630. The molecule has 20 heavy (non-hydrogen) atoms. The van der Waals surface area contributed by atoms with Gasteiger partial charge < -0.3 is 10.1 Å². The van der Waals surface area contributed by atoms with E-state index >= 15 is 0 Å². The molecule has 1 aromatic carbocycles. The number of carbonyl (C=O) groups is 1. The van der Waals surface area contributed by atoms with Crippen LogP contribution in [0.3, 0.4) is 0 Å². The standard InChI is InChI=1S/C15H17ClN2O2/c16-8-11-20-10-3-9-17-15(19)14-7-6-12-4-1-2-5-13(12)18-14/h1-2,4-7H,3,8-11H2,(H,17,19). The number of alkyl halides is 1. The number of hydrogen-bond donors (Lipinski definition) is 1. The topological polar surface area (TPSA) is 51.2 Å². The average Bonchev–Trinajstić information content (AvgIpc) is 2.50. The van der Waals surface area contributed by atoms with Crippen LogP contribution < -0.4 is 5.32 Å². The zero-order valence-corrected chi connectivity index (χ0v) is 11.9. The van der Waals surface area contributed by atoms with Gasteiger partial charge in [0, 0.05) is 24.4 Å². The second-order valence-corrected chi connectivity index (χ2v) is 4.68. The molecule has 1 aromatic heterocycles. The van der Waals surface area contributed by atoms with Crippen molar-refractivity contribution in [2.24, 2.45) is 0 Å². The molecule has 1 heterocycles. The minimum absolute atomic E-state index is 0.159. The molecule has 0 radical (unpaired) electrons. The Morgan fingerprint density at radius 3 is 2.90 bits per heavy atom. The van der Waals surface area contributed by atoms with Crippen LogP contribution in [-0.2, 0) is 4.74 Å². The van der Waals surface area contributed by atoms with Crippen molar-refractivity contribution in [1.82, 2.24) is 10.3 Å². The number of amides is 1. The molecule has 0 saturated heterocycles. The number of benzene rings is 1. The van der Waals surface area contributed by atoms with Crippen molar-refractivity contribution in [1.29, 1.82) is 0 Å². The Bertz CT molecular complexity index is 575. The van der Waals surface area contributed by atoms with Crippen LogP contribution in [0.5, 0.6) is 0 Å². The highest BCUT2D eigenvalue weighted by Crippen LogP contribution is 2.11. The van der Waals surface area contributed by atoms with Crippen LogP contribution in [-0.4, -0.2) is 36.5 Å². The zero-order chi connectivity index (χ0) is 14.2. The molecule has 0 unspecified atom stereocenters. The summed E-state index contributed by atoms with van der Waals surface area (Å²) >= 11 is 5.49. The van der Waals surface area contributed by atoms with Gasteiger partial charge in [0.1, 0.15) is 5.69 Å². The van der Waals surface area contributed by atoms with Crippen LogP contribution in [0.4, 0.5) is 0 Å². The van der Waals surface area contributed by atoms with Gasteiger partial charge >= 0.3 is 0 Å². The largest absolute Gasteiger partial charge is 0.380 e. The SMILES string of the molecule is O=C(NCCCOCCCl)c1ccc2ccccc2n1. The van der Waals surface area contributed by atoms with Crippen LogP contribution in [0.25, 0.3) is 10.9 Å². The highest BCUT2D eigenvalue weighted by atomic mass is 35.5. The number of hydrogen-bond acceptors (Lipinski definition) is 3. The highest BCUT2D eigenvalue weighted by molar-refractivity contribution is 6.17. The Labute approximate surface area is 123 Å². The van der Waals surface area contributed by atoms with Crippen LogP contribution >= 0.6 is 11.6 Å². The first-order valence-electron chi connectivity index (χ1n) is 6.59. The third kappa shape index (κ3) is 4.18. The van der Waals surface area contributed by atoms with Gasteiger partial charge in [-0.15, -0.1) is 11.6 Å². The molecule has 1 N–H and O–H groups in total. The fourth-order valence-electron chi connectivity index (χ4n) is 1.82. The molecule has 0 saturated carbocycles. The first-order chi connectivity index (χ1) is 9.81. The lowest BCUT2D eigenvalue weighted by atomic mass is 10.2. The van der Waals surface area contributed by atoms with Crippen LogP contribution in [0.15, 0.2) is 36.4 Å². The number of rotatable bonds is 7. The molecule has 0 aliphatic rings. The predicted molar refractivity (Wildman–Crippen MR) is 80.2 cm³/mol. The number of nitrogens with one attached hydrogen (secondary N) is 1. The van der Waals surface area contributed by atoms with Gasteiger partial charge in [-0.2, -0.15) is 0 Å². The number of nitrogens with zero attached hydrogens (tertiary/aromatic N) is 1. The van der Waals surface area contributed by atoms with Crippen molar-refractivity contribution in [2.75, 3.05) is 25.6 Å². The van der Waals surface area contributed by atoms with Crippen molar-refractivity contribution < 1.29 is 9.53 Å². The van der Waals surface area contributed by atoms with Crippen molar-refractivity contribution >= 4 is 28.4 Å². The van der Waals surface area contributed by atoms with Crippen molar-refractivity contribution in [3.8, 4) is 0 Å². The predicted octanol–water partition coefficient (Wildman–Crippen LogP) is 2.61. The Morgan fingerprint density at radius 2 is 2.05 bits per heavy atom. The van der Waals surface area contributed by atoms with Gasteiger partial charge in [-0.05, 0) is 18.6 Å². The summed E-state index contributed by atoms with van der Waals surface area (Å²) in [4.78, 5) is 16.3. The van der Waals surface area contributed by atoms with E-state index in [4.69, 9.17) is 16.3 Å². The van der Waals surface area contributed by atoms with Gasteiger partial charge in [-0.3, -0.25) is 4.79 Å². The smallest absolute Gasteiger partial charge is 0.269 e. The number of fused-ring (bicyclic) bond motifs is 1. The molecule has 2 rings (SSSR count). The minimum Gasteiger partial charge on any atom is -0.380 e. The molecule has 5 heteroatoms. The van der Waals surface area contributed by atoms with Crippen LogP contribution in [0.2, 0.25) is 0 Å². The molecule has 0 aliphatic carbocycles. The number of para-hydroxylation sites is 1. The number of aromatic nitrogens is 1. The Hall–Kier alpha value is -1.65. The van der Waals surface area contributed by atoms with E-state index in [-0.39, 0.29) is 5.91 Å². The third-order valence-corrected chi connectivity index (χ3v) is 2.96. The first kappa shape index (κ1) is 14.8. The monoisotopic (exact) mass is 292 g/mol. The second-order valence-electron chi connectivity index (χ2n) is 4.30. The third-order valence-electron chi connectivity index (χ3n) is 2.80. The normalized spacial score (nSPS) is 10.7. The van der Waals surface area contributed by atoms with Crippen molar-refractivity contribution in [3.63, 3.8) is 0 Å². The number of ether oxygens (including phenoxy) is 1. The Kier molecular flexibility index (Phi) is 5.77. The number of pyridine rings is 1. The number of halogens is 1. The average molecular weight is 293 g/mol. The lowest BCUT2D eigenvalue weighted by Gasteiger charge is -2.06. The summed E-state index contributed by atoms with van der Waals surface area (Å²) in [6.07, 6.45) is 0.760. The lowest BCUT2D eigenvalue weighted by Crippen LogP contribution is -2.26. The summed E-state index contributed by atoms with van der Waals surface area (Å²) in [7, 11) is 0. The molecular formula is C15H17ClN2O2. The van der Waals surface area contributed by atoms with Crippen LogP contribution in [0.1, 0.15) is 16.9 Å². The minimum atomic E-state index is -0.159. The van der Waals surface area contributed by atoms with E-state index < -0.39 is 0 Å². The van der Waals surface area contributed by atoms with E-state index in [1.165, 1.54) is 0 Å². The van der Waals surface area contributed by atoms with Gasteiger partial charge in [-0.25, -0.2) is 4.98 Å². The Morgan fingerprint density at radius 1 is 1.20 bits per heavy atom. The van der Waals surface area contributed by atoms with Gasteiger partial charge in [0.15, 0.2) is 0 Å². The van der Waals surface area contributed by atoms with Gasteiger partial charge in [0.2, 0.25) is 0 Å². The lowest BCUT2D eigenvalue weighted by molar-refractivity contribution is 0.0940. The molecule has 0 spiro atoms. The zero-order valence-electron chi connectivity index (χ0n) is 11.1. The molecule has 0 bridgehead atoms. The molecule has 0 fully saturated rings. The molecule has 2 aromatic rings. The van der Waals surface area contributed by atoms with E-state index in [2.05, 4.69) is 10.3 Å². The van der Waals surface area contributed by atoms with Crippen molar-refractivity contribution in [3.05, 3.63) is 42.1 Å². The molecular weight excluding hydrogens is 276 g/mol.